The van der Waals surface area contributed by atoms with Crippen molar-refractivity contribution in [2.24, 2.45) is 11.7 Å². The van der Waals surface area contributed by atoms with E-state index < -0.39 is 15.6 Å². The summed E-state index contributed by atoms with van der Waals surface area (Å²) in [6.07, 6.45) is 3.61. The molecule has 1 amide bonds. The van der Waals surface area contributed by atoms with Crippen molar-refractivity contribution in [3.05, 3.63) is 54.6 Å². The zero-order valence-electron chi connectivity index (χ0n) is 15.7. The van der Waals surface area contributed by atoms with Crippen molar-refractivity contribution in [1.29, 1.82) is 0 Å². The molecule has 0 radical (unpaired) electrons. The van der Waals surface area contributed by atoms with Crippen LogP contribution < -0.4 is 15.8 Å². The van der Waals surface area contributed by atoms with E-state index in [9.17, 15) is 13.2 Å². The number of hydrogen-bond donors (Lipinski definition) is 3. The number of benzene rings is 2. The summed E-state index contributed by atoms with van der Waals surface area (Å²) < 4.78 is 27.4. The number of amides is 1. The van der Waals surface area contributed by atoms with Gasteiger partial charge in [-0.25, -0.2) is 8.42 Å². The highest BCUT2D eigenvalue weighted by Crippen LogP contribution is 2.32. The minimum absolute atomic E-state index is 0. The van der Waals surface area contributed by atoms with E-state index in [2.05, 4.69) is 10.0 Å². The molecule has 1 fully saturated rings. The van der Waals surface area contributed by atoms with Crippen LogP contribution in [0, 0.1) is 5.92 Å². The number of sulfonamides is 1. The average Bonchev–Trinajstić information content (AvgIpc) is 2.62. The molecule has 0 saturated heterocycles. The van der Waals surface area contributed by atoms with Gasteiger partial charge in [0.1, 0.15) is 0 Å². The van der Waals surface area contributed by atoms with Gasteiger partial charge in [-0.1, -0.05) is 37.1 Å². The van der Waals surface area contributed by atoms with E-state index in [-0.39, 0.29) is 29.1 Å². The number of hydrogen-bond acceptors (Lipinski definition) is 4. The number of anilines is 2. The van der Waals surface area contributed by atoms with Crippen LogP contribution in [0.4, 0.5) is 11.4 Å². The lowest BCUT2D eigenvalue weighted by Gasteiger charge is -2.37. The average molecular weight is 424 g/mol. The van der Waals surface area contributed by atoms with Gasteiger partial charge in [-0.15, -0.1) is 12.4 Å². The Balaban J connectivity index is 0.00000280. The van der Waals surface area contributed by atoms with Crippen LogP contribution >= 0.6 is 12.4 Å². The van der Waals surface area contributed by atoms with E-state index in [4.69, 9.17) is 5.73 Å². The maximum Gasteiger partial charge on any atom is 0.261 e. The highest BCUT2D eigenvalue weighted by molar-refractivity contribution is 7.92. The summed E-state index contributed by atoms with van der Waals surface area (Å²) in [4.78, 5) is 12.9. The number of carbonyl (C=O) groups excluding carboxylic acids is 1. The van der Waals surface area contributed by atoms with Gasteiger partial charge in [0.05, 0.1) is 16.5 Å². The van der Waals surface area contributed by atoms with Crippen LogP contribution in [0.3, 0.4) is 0 Å². The Morgan fingerprint density at radius 1 is 1.07 bits per heavy atom. The Morgan fingerprint density at radius 3 is 2.43 bits per heavy atom. The van der Waals surface area contributed by atoms with Crippen LogP contribution in [0.2, 0.25) is 0 Å². The summed E-state index contributed by atoms with van der Waals surface area (Å²) in [5, 5.41) is 2.88. The van der Waals surface area contributed by atoms with E-state index in [0.717, 1.165) is 25.7 Å². The van der Waals surface area contributed by atoms with E-state index in [1.165, 1.54) is 12.1 Å². The maximum atomic E-state index is 12.7. The van der Waals surface area contributed by atoms with Gasteiger partial charge in [-0.05, 0) is 50.1 Å². The molecule has 2 atom stereocenters. The first-order valence-electron chi connectivity index (χ1n) is 9.06. The smallest absolute Gasteiger partial charge is 0.261 e. The first kappa shape index (κ1) is 22.2. The van der Waals surface area contributed by atoms with Crippen LogP contribution in [0.1, 0.15) is 32.6 Å². The summed E-state index contributed by atoms with van der Waals surface area (Å²) in [5.41, 5.74) is 6.70. The molecule has 2 unspecified atom stereocenters. The Morgan fingerprint density at radius 2 is 1.75 bits per heavy atom. The lowest BCUT2D eigenvalue weighted by atomic mass is 9.74. The van der Waals surface area contributed by atoms with Crippen LogP contribution in [0.5, 0.6) is 0 Å². The largest absolute Gasteiger partial charge is 0.326 e. The van der Waals surface area contributed by atoms with Gasteiger partial charge in [0.25, 0.3) is 10.0 Å². The second kappa shape index (κ2) is 8.94. The monoisotopic (exact) mass is 423 g/mol. The van der Waals surface area contributed by atoms with Crippen LogP contribution in [0.15, 0.2) is 59.5 Å². The van der Waals surface area contributed by atoms with Crippen LogP contribution in [-0.4, -0.2) is 19.9 Å². The Bertz CT molecular complexity index is 917. The molecule has 152 valence electrons. The number of rotatable bonds is 5. The highest BCUT2D eigenvalue weighted by Gasteiger charge is 2.37. The molecule has 4 N–H and O–H groups in total. The third-order valence-electron chi connectivity index (χ3n) is 5.01. The summed E-state index contributed by atoms with van der Waals surface area (Å²) >= 11 is 0. The minimum Gasteiger partial charge on any atom is -0.326 e. The second-order valence-electron chi connectivity index (χ2n) is 7.29. The molecule has 0 spiro atoms. The summed E-state index contributed by atoms with van der Waals surface area (Å²) in [7, 11) is -3.68. The Kier molecular flexibility index (Phi) is 7.09. The van der Waals surface area contributed by atoms with Crippen molar-refractivity contribution in [3.8, 4) is 0 Å². The molecule has 0 aromatic heterocycles. The molecule has 0 heterocycles. The molecule has 28 heavy (non-hydrogen) atoms. The fourth-order valence-electron chi connectivity index (χ4n) is 3.49. The summed E-state index contributed by atoms with van der Waals surface area (Å²) in [5.74, 6) is -0.376. The van der Waals surface area contributed by atoms with Crippen molar-refractivity contribution >= 4 is 39.7 Å². The Hall–Kier alpha value is -2.09. The lowest BCUT2D eigenvalue weighted by Crippen LogP contribution is -2.51. The second-order valence-corrected chi connectivity index (χ2v) is 8.98. The SMILES string of the molecule is CC1(N)CCCCC1C(=O)Nc1cccc(NS(=O)(=O)c2ccccc2)c1.Cl. The van der Waals surface area contributed by atoms with Gasteiger partial charge < -0.3 is 11.1 Å². The lowest BCUT2D eigenvalue weighted by molar-refractivity contribution is -0.122. The quantitative estimate of drug-likeness (QED) is 0.681. The van der Waals surface area contributed by atoms with E-state index in [1.54, 1.807) is 42.5 Å². The highest BCUT2D eigenvalue weighted by atomic mass is 35.5. The standard InChI is InChI=1S/C20H25N3O3S.ClH/c1-20(21)13-6-5-12-18(20)19(24)22-15-8-7-9-16(14-15)23-27(25,26)17-10-3-2-4-11-17;/h2-4,7-11,14,18,23H,5-6,12-13,21H2,1H3,(H,22,24);1H. The fraction of sp³-hybridized carbons (Fsp3) is 0.350. The molecule has 1 saturated carbocycles. The third kappa shape index (κ3) is 5.25. The molecular formula is C20H26ClN3O3S. The zero-order valence-corrected chi connectivity index (χ0v) is 17.4. The van der Waals surface area contributed by atoms with Crippen molar-refractivity contribution in [3.63, 3.8) is 0 Å². The Labute approximate surface area is 172 Å². The van der Waals surface area contributed by atoms with E-state index in [0.29, 0.717) is 11.4 Å². The first-order valence-corrected chi connectivity index (χ1v) is 10.5. The van der Waals surface area contributed by atoms with Crippen molar-refractivity contribution < 1.29 is 13.2 Å². The fourth-order valence-corrected chi connectivity index (χ4v) is 4.56. The molecular weight excluding hydrogens is 398 g/mol. The summed E-state index contributed by atoms with van der Waals surface area (Å²) in [6, 6.07) is 14.8. The number of nitrogens with two attached hydrogens (primary N) is 1. The normalized spacial score (nSPS) is 22.0. The maximum absolute atomic E-state index is 12.7. The zero-order chi connectivity index (χ0) is 19.5. The van der Waals surface area contributed by atoms with E-state index >= 15 is 0 Å². The van der Waals surface area contributed by atoms with E-state index in [1.807, 2.05) is 6.92 Å². The van der Waals surface area contributed by atoms with Gasteiger partial charge in [-0.2, -0.15) is 0 Å². The number of carbonyl (C=O) groups is 1. The van der Waals surface area contributed by atoms with Crippen molar-refractivity contribution in [1.82, 2.24) is 0 Å². The van der Waals surface area contributed by atoms with Crippen LogP contribution in [-0.2, 0) is 14.8 Å². The molecule has 8 heteroatoms. The predicted octanol–water partition coefficient (Wildman–Crippen LogP) is 3.76. The first-order chi connectivity index (χ1) is 12.8. The third-order valence-corrected chi connectivity index (χ3v) is 6.40. The van der Waals surface area contributed by atoms with Crippen molar-refractivity contribution in [2.45, 2.75) is 43.0 Å². The van der Waals surface area contributed by atoms with Gasteiger partial charge >= 0.3 is 0 Å². The number of nitrogens with one attached hydrogen (secondary N) is 2. The summed E-state index contributed by atoms with van der Waals surface area (Å²) in [6.45, 7) is 1.92. The van der Waals surface area contributed by atoms with Crippen molar-refractivity contribution in [2.75, 3.05) is 10.0 Å². The van der Waals surface area contributed by atoms with Crippen LogP contribution in [0.25, 0.3) is 0 Å². The molecule has 1 aliphatic carbocycles. The molecule has 2 aromatic rings. The molecule has 0 aliphatic heterocycles. The molecule has 1 aliphatic rings. The molecule has 2 aromatic carbocycles. The van der Waals surface area contributed by atoms with Gasteiger partial charge in [0, 0.05) is 11.2 Å². The topological polar surface area (TPSA) is 101 Å². The van der Waals surface area contributed by atoms with Gasteiger partial charge in [0.15, 0.2) is 0 Å². The molecule has 3 rings (SSSR count). The van der Waals surface area contributed by atoms with Gasteiger partial charge in [0.2, 0.25) is 5.91 Å². The molecule has 0 bridgehead atoms. The minimum atomic E-state index is -3.68. The predicted molar refractivity (Wildman–Crippen MR) is 114 cm³/mol. The van der Waals surface area contributed by atoms with Gasteiger partial charge in [-0.3, -0.25) is 9.52 Å². The molecule has 6 nitrogen and oxygen atoms in total. The number of halogens is 1.